The second kappa shape index (κ2) is 5.46. The van der Waals surface area contributed by atoms with Crippen molar-refractivity contribution in [1.82, 2.24) is 19.9 Å². The van der Waals surface area contributed by atoms with Crippen LogP contribution in [0.3, 0.4) is 0 Å². The Hall–Kier alpha value is -1.92. The van der Waals surface area contributed by atoms with E-state index in [0.29, 0.717) is 11.7 Å². The van der Waals surface area contributed by atoms with Gasteiger partial charge in [-0.2, -0.15) is 4.98 Å². The van der Waals surface area contributed by atoms with Crippen LogP contribution in [0.4, 0.5) is 0 Å². The zero-order valence-corrected chi connectivity index (χ0v) is 12.6. The van der Waals surface area contributed by atoms with Crippen LogP contribution in [0.25, 0.3) is 11.5 Å². The van der Waals surface area contributed by atoms with E-state index in [1.54, 1.807) is 12.1 Å². The number of likely N-dealkylation sites (N-methyl/N-ethyl adjacent to an activating group) is 2. The van der Waals surface area contributed by atoms with Crippen molar-refractivity contribution >= 4 is 0 Å². The van der Waals surface area contributed by atoms with Gasteiger partial charge in [-0.05, 0) is 33.2 Å². The molecule has 6 nitrogen and oxygen atoms in total. The van der Waals surface area contributed by atoms with Crippen molar-refractivity contribution in [1.29, 1.82) is 0 Å². The van der Waals surface area contributed by atoms with Gasteiger partial charge in [-0.3, -0.25) is 4.90 Å². The summed E-state index contributed by atoms with van der Waals surface area (Å²) in [6.07, 6.45) is 0. The molecule has 0 saturated carbocycles. The molecule has 21 heavy (non-hydrogen) atoms. The maximum atomic E-state index is 9.79. The second-order valence-electron chi connectivity index (χ2n) is 5.67. The van der Waals surface area contributed by atoms with Crippen molar-refractivity contribution in [3.63, 3.8) is 0 Å². The summed E-state index contributed by atoms with van der Waals surface area (Å²) in [5.74, 6) is 1.39. The molecular weight excluding hydrogens is 268 g/mol. The average molecular weight is 288 g/mol. The van der Waals surface area contributed by atoms with Gasteiger partial charge in [-0.15, -0.1) is 0 Å². The number of phenolic OH excluding ortho intramolecular Hbond substituents is 1. The molecule has 6 heteroatoms. The summed E-state index contributed by atoms with van der Waals surface area (Å²) in [4.78, 5) is 9.04. The van der Waals surface area contributed by atoms with Crippen LogP contribution in [0.1, 0.15) is 17.4 Å². The number of hydrogen-bond donors (Lipinski definition) is 1. The van der Waals surface area contributed by atoms with Crippen molar-refractivity contribution in [2.24, 2.45) is 0 Å². The minimum absolute atomic E-state index is 0.138. The number of rotatable bonds is 2. The number of benzene rings is 1. The summed E-state index contributed by atoms with van der Waals surface area (Å²) in [5, 5.41) is 13.9. The summed E-state index contributed by atoms with van der Waals surface area (Å²) >= 11 is 0. The Bertz CT molecular complexity index is 640. The lowest BCUT2D eigenvalue weighted by molar-refractivity contribution is 0.108. The van der Waals surface area contributed by atoms with Crippen LogP contribution in [0.2, 0.25) is 0 Å². The van der Waals surface area contributed by atoms with E-state index >= 15 is 0 Å². The molecule has 0 bridgehead atoms. The standard InChI is InChI=1S/C15H20N4O2/c1-10-11(5-4-6-13(10)20)15-16-14(17-21-15)12-9-18(2)7-8-19(12)3/h4-6,12,20H,7-9H2,1-3H3. The Morgan fingerprint density at radius 2 is 2.10 bits per heavy atom. The van der Waals surface area contributed by atoms with Crippen molar-refractivity contribution in [3.8, 4) is 17.2 Å². The fourth-order valence-corrected chi connectivity index (χ4v) is 2.62. The highest BCUT2D eigenvalue weighted by atomic mass is 16.5. The van der Waals surface area contributed by atoms with Gasteiger partial charge in [0, 0.05) is 30.8 Å². The van der Waals surface area contributed by atoms with E-state index in [1.165, 1.54) is 0 Å². The third-order valence-electron chi connectivity index (χ3n) is 4.13. The van der Waals surface area contributed by atoms with Gasteiger partial charge in [0.1, 0.15) is 5.75 Å². The topological polar surface area (TPSA) is 65.6 Å². The minimum atomic E-state index is 0.138. The van der Waals surface area contributed by atoms with E-state index < -0.39 is 0 Å². The lowest BCUT2D eigenvalue weighted by Gasteiger charge is -2.35. The van der Waals surface area contributed by atoms with Crippen molar-refractivity contribution in [3.05, 3.63) is 29.6 Å². The highest BCUT2D eigenvalue weighted by Crippen LogP contribution is 2.29. The molecule has 1 unspecified atom stereocenters. The largest absolute Gasteiger partial charge is 0.508 e. The first-order valence-electron chi connectivity index (χ1n) is 7.07. The van der Waals surface area contributed by atoms with E-state index in [1.807, 2.05) is 13.0 Å². The van der Waals surface area contributed by atoms with Crippen LogP contribution in [-0.4, -0.2) is 58.8 Å². The van der Waals surface area contributed by atoms with Gasteiger partial charge in [-0.1, -0.05) is 11.2 Å². The van der Waals surface area contributed by atoms with E-state index in [4.69, 9.17) is 4.52 Å². The highest BCUT2D eigenvalue weighted by molar-refractivity contribution is 5.61. The van der Waals surface area contributed by atoms with Gasteiger partial charge in [0.15, 0.2) is 5.82 Å². The molecule has 1 N–H and O–H groups in total. The minimum Gasteiger partial charge on any atom is -0.508 e. The normalized spacial score (nSPS) is 20.8. The Kier molecular flexibility index (Phi) is 3.65. The molecule has 1 aliphatic rings. The molecule has 0 radical (unpaired) electrons. The number of phenols is 1. The molecule has 2 aromatic rings. The summed E-state index contributed by atoms with van der Waals surface area (Å²) in [7, 11) is 4.17. The molecule has 1 atom stereocenters. The lowest BCUT2D eigenvalue weighted by atomic mass is 10.1. The Morgan fingerprint density at radius 3 is 2.90 bits per heavy atom. The Morgan fingerprint density at radius 1 is 1.29 bits per heavy atom. The maximum absolute atomic E-state index is 9.79. The average Bonchev–Trinajstić information content (AvgIpc) is 2.94. The molecule has 0 aliphatic carbocycles. The van der Waals surface area contributed by atoms with Gasteiger partial charge in [0.05, 0.1) is 6.04 Å². The second-order valence-corrected chi connectivity index (χ2v) is 5.67. The van der Waals surface area contributed by atoms with Crippen molar-refractivity contribution in [2.75, 3.05) is 33.7 Å². The molecule has 0 amide bonds. The molecular formula is C15H20N4O2. The summed E-state index contributed by atoms with van der Waals surface area (Å²) in [6.45, 7) is 4.75. The summed E-state index contributed by atoms with van der Waals surface area (Å²) in [5.41, 5.74) is 1.53. The molecule has 2 heterocycles. The third kappa shape index (κ3) is 2.64. The smallest absolute Gasteiger partial charge is 0.258 e. The fourth-order valence-electron chi connectivity index (χ4n) is 2.62. The van der Waals surface area contributed by atoms with Crippen LogP contribution in [0.5, 0.6) is 5.75 Å². The van der Waals surface area contributed by atoms with Crippen LogP contribution in [0, 0.1) is 6.92 Å². The van der Waals surface area contributed by atoms with E-state index in [2.05, 4.69) is 34.0 Å². The predicted octanol–water partition coefficient (Wildman–Crippen LogP) is 1.67. The number of piperazine rings is 1. The maximum Gasteiger partial charge on any atom is 0.258 e. The van der Waals surface area contributed by atoms with Gasteiger partial charge in [0.2, 0.25) is 0 Å². The van der Waals surface area contributed by atoms with E-state index in [9.17, 15) is 5.11 Å². The number of nitrogens with zero attached hydrogens (tertiary/aromatic N) is 4. The molecule has 1 aliphatic heterocycles. The first-order chi connectivity index (χ1) is 10.1. The van der Waals surface area contributed by atoms with Gasteiger partial charge in [0.25, 0.3) is 5.89 Å². The molecule has 1 saturated heterocycles. The molecule has 1 fully saturated rings. The first-order valence-corrected chi connectivity index (χ1v) is 7.07. The highest BCUT2D eigenvalue weighted by Gasteiger charge is 2.28. The van der Waals surface area contributed by atoms with Crippen molar-refractivity contribution in [2.45, 2.75) is 13.0 Å². The van der Waals surface area contributed by atoms with Crippen LogP contribution >= 0.6 is 0 Å². The summed E-state index contributed by atoms with van der Waals surface area (Å²) < 4.78 is 5.41. The molecule has 1 aromatic heterocycles. The lowest BCUT2D eigenvalue weighted by Crippen LogP contribution is -2.45. The zero-order chi connectivity index (χ0) is 15.0. The monoisotopic (exact) mass is 288 g/mol. The summed E-state index contributed by atoms with van der Waals surface area (Å²) in [6, 6.07) is 5.45. The van der Waals surface area contributed by atoms with E-state index in [-0.39, 0.29) is 11.8 Å². The van der Waals surface area contributed by atoms with Gasteiger partial charge >= 0.3 is 0 Å². The number of hydrogen-bond acceptors (Lipinski definition) is 6. The number of aromatic nitrogens is 2. The van der Waals surface area contributed by atoms with Crippen LogP contribution < -0.4 is 0 Å². The van der Waals surface area contributed by atoms with Gasteiger partial charge < -0.3 is 14.5 Å². The Balaban J connectivity index is 1.91. The molecule has 3 rings (SSSR count). The third-order valence-corrected chi connectivity index (χ3v) is 4.13. The first kappa shape index (κ1) is 14.0. The Labute approximate surface area is 124 Å². The van der Waals surface area contributed by atoms with Crippen LogP contribution in [0.15, 0.2) is 22.7 Å². The molecule has 112 valence electrons. The molecule has 0 spiro atoms. The molecule has 1 aromatic carbocycles. The zero-order valence-electron chi connectivity index (χ0n) is 12.6. The van der Waals surface area contributed by atoms with E-state index in [0.717, 1.165) is 30.8 Å². The fraction of sp³-hybridized carbons (Fsp3) is 0.467. The SMILES string of the molecule is Cc1c(O)cccc1-c1nc(C2CN(C)CCN2C)no1. The van der Waals surface area contributed by atoms with Crippen molar-refractivity contribution < 1.29 is 9.63 Å². The quantitative estimate of drug-likeness (QED) is 0.907. The predicted molar refractivity (Wildman–Crippen MR) is 79.0 cm³/mol. The number of aromatic hydroxyl groups is 1. The van der Waals surface area contributed by atoms with Gasteiger partial charge in [-0.25, -0.2) is 0 Å². The van der Waals surface area contributed by atoms with Crippen LogP contribution in [-0.2, 0) is 0 Å².